The van der Waals surface area contributed by atoms with Gasteiger partial charge in [-0.05, 0) is 24.5 Å². The molecule has 1 aromatic rings. The van der Waals surface area contributed by atoms with E-state index in [1.807, 2.05) is 49.9 Å². The second kappa shape index (κ2) is 8.80. The van der Waals surface area contributed by atoms with Crippen molar-refractivity contribution in [3.05, 3.63) is 35.4 Å². The highest BCUT2D eigenvalue weighted by molar-refractivity contribution is 5.88. The van der Waals surface area contributed by atoms with E-state index in [4.69, 9.17) is 10.5 Å². The zero-order valence-electron chi connectivity index (χ0n) is 17.0. The fourth-order valence-corrected chi connectivity index (χ4v) is 4.11. The summed E-state index contributed by atoms with van der Waals surface area (Å²) in [5, 5.41) is 3.01. The summed E-state index contributed by atoms with van der Waals surface area (Å²) in [6.07, 6.45) is 2.09. The molecule has 3 N–H and O–H groups in total. The molecule has 156 valence electrons. The molecule has 1 aliphatic heterocycles. The fourth-order valence-electron chi connectivity index (χ4n) is 4.11. The van der Waals surface area contributed by atoms with Gasteiger partial charge in [0.05, 0.1) is 6.10 Å². The summed E-state index contributed by atoms with van der Waals surface area (Å²) in [6.45, 7) is 8.36. The summed E-state index contributed by atoms with van der Waals surface area (Å²) in [5.41, 5.74) is 7.21. The van der Waals surface area contributed by atoms with Gasteiger partial charge in [-0.3, -0.25) is 9.59 Å². The number of ether oxygens (including phenoxy) is 1. The van der Waals surface area contributed by atoms with Gasteiger partial charge in [-0.25, -0.2) is 0 Å². The molecule has 1 heterocycles. The molecule has 1 aromatic carbocycles. The van der Waals surface area contributed by atoms with Gasteiger partial charge in [0.25, 0.3) is 0 Å². The minimum atomic E-state index is -0.924. The number of halogens is 1. The lowest BCUT2D eigenvalue weighted by atomic mass is 9.54. The number of rotatable bonds is 7. The molecule has 0 bridgehead atoms. The predicted octanol–water partition coefficient (Wildman–Crippen LogP) is 2.38. The first-order chi connectivity index (χ1) is 12.8. The van der Waals surface area contributed by atoms with Crippen LogP contribution in [0.3, 0.4) is 0 Å². The Morgan fingerprint density at radius 2 is 2.00 bits per heavy atom. The Balaban J connectivity index is 0.00000280. The van der Waals surface area contributed by atoms with Crippen LogP contribution in [0, 0.1) is 5.41 Å². The summed E-state index contributed by atoms with van der Waals surface area (Å²) in [7, 11) is 0. The predicted molar refractivity (Wildman–Crippen MR) is 111 cm³/mol. The number of amides is 2. The maximum Gasteiger partial charge on any atom is 0.241 e. The van der Waals surface area contributed by atoms with Gasteiger partial charge in [0.15, 0.2) is 0 Å². The van der Waals surface area contributed by atoms with E-state index >= 15 is 0 Å². The number of nitrogens with one attached hydrogen (secondary N) is 1. The van der Waals surface area contributed by atoms with Crippen molar-refractivity contribution in [1.82, 2.24) is 10.2 Å². The van der Waals surface area contributed by atoms with Crippen LogP contribution in [0.4, 0.5) is 0 Å². The number of hydrogen-bond donors (Lipinski definition) is 2. The SMILES string of the molecule is CCOC1CC(N)(C(=O)NCc2ccccc2CN2CCCC2=O)C1(C)C.Cl. The summed E-state index contributed by atoms with van der Waals surface area (Å²) in [6, 6.07) is 7.93. The van der Waals surface area contributed by atoms with Crippen molar-refractivity contribution in [1.29, 1.82) is 0 Å². The lowest BCUT2D eigenvalue weighted by Gasteiger charge is -2.57. The summed E-state index contributed by atoms with van der Waals surface area (Å²) >= 11 is 0. The van der Waals surface area contributed by atoms with Gasteiger partial charge in [0.2, 0.25) is 11.8 Å². The minimum Gasteiger partial charge on any atom is -0.378 e. The quantitative estimate of drug-likeness (QED) is 0.724. The molecule has 1 aliphatic carbocycles. The van der Waals surface area contributed by atoms with Crippen LogP contribution in [0.15, 0.2) is 24.3 Å². The largest absolute Gasteiger partial charge is 0.378 e. The van der Waals surface area contributed by atoms with Crippen molar-refractivity contribution in [3.63, 3.8) is 0 Å². The van der Waals surface area contributed by atoms with E-state index in [1.54, 1.807) is 0 Å². The second-order valence-electron chi connectivity index (χ2n) is 8.21. The van der Waals surface area contributed by atoms with Crippen molar-refractivity contribution in [3.8, 4) is 0 Å². The van der Waals surface area contributed by atoms with Crippen molar-refractivity contribution in [2.75, 3.05) is 13.2 Å². The van der Waals surface area contributed by atoms with Crippen LogP contribution in [0.25, 0.3) is 0 Å². The standard InChI is InChI=1S/C21H31N3O3.ClH/c1-4-27-17-12-21(22,20(17,2)3)19(26)23-13-15-8-5-6-9-16(15)14-24-11-7-10-18(24)25;/h5-6,8-9,17H,4,7,10-14,22H2,1-3H3,(H,23,26);1H. The van der Waals surface area contributed by atoms with Crippen LogP contribution in [0.1, 0.15) is 51.2 Å². The third-order valence-corrected chi connectivity index (χ3v) is 6.33. The third-order valence-electron chi connectivity index (χ3n) is 6.33. The van der Waals surface area contributed by atoms with Gasteiger partial charge >= 0.3 is 0 Å². The second-order valence-corrected chi connectivity index (χ2v) is 8.21. The van der Waals surface area contributed by atoms with Crippen LogP contribution >= 0.6 is 12.4 Å². The Hall–Kier alpha value is -1.63. The molecule has 0 aromatic heterocycles. The van der Waals surface area contributed by atoms with E-state index in [9.17, 15) is 9.59 Å². The zero-order chi connectivity index (χ0) is 19.7. The zero-order valence-corrected chi connectivity index (χ0v) is 17.8. The highest BCUT2D eigenvalue weighted by Crippen LogP contribution is 2.49. The molecular weight excluding hydrogens is 378 g/mol. The molecule has 2 fully saturated rings. The molecule has 28 heavy (non-hydrogen) atoms. The first-order valence-corrected chi connectivity index (χ1v) is 9.83. The topological polar surface area (TPSA) is 84.7 Å². The molecular formula is C21H32ClN3O3. The Labute approximate surface area is 173 Å². The number of nitrogens with two attached hydrogens (primary N) is 1. The van der Waals surface area contributed by atoms with Crippen molar-refractivity contribution < 1.29 is 14.3 Å². The lowest BCUT2D eigenvalue weighted by Crippen LogP contribution is -2.75. The molecule has 2 amide bonds. The Morgan fingerprint density at radius 3 is 2.57 bits per heavy atom. The summed E-state index contributed by atoms with van der Waals surface area (Å²) < 4.78 is 5.71. The number of nitrogens with zero attached hydrogens (tertiary/aromatic N) is 1. The van der Waals surface area contributed by atoms with E-state index in [0.29, 0.717) is 32.5 Å². The van der Waals surface area contributed by atoms with Crippen LogP contribution < -0.4 is 11.1 Å². The van der Waals surface area contributed by atoms with Gasteiger partial charge in [-0.1, -0.05) is 38.1 Å². The van der Waals surface area contributed by atoms with E-state index in [2.05, 4.69) is 5.32 Å². The summed E-state index contributed by atoms with van der Waals surface area (Å²) in [4.78, 5) is 26.6. The van der Waals surface area contributed by atoms with Gasteiger partial charge < -0.3 is 20.7 Å². The maximum atomic E-state index is 12.8. The molecule has 3 rings (SSSR count). The third kappa shape index (κ3) is 4.04. The number of benzene rings is 1. The summed E-state index contributed by atoms with van der Waals surface area (Å²) in [5.74, 6) is 0.0587. The Morgan fingerprint density at radius 1 is 1.32 bits per heavy atom. The smallest absolute Gasteiger partial charge is 0.241 e. The van der Waals surface area contributed by atoms with Gasteiger partial charge in [0.1, 0.15) is 5.54 Å². The van der Waals surface area contributed by atoms with E-state index < -0.39 is 11.0 Å². The van der Waals surface area contributed by atoms with Crippen LogP contribution in [-0.2, 0) is 27.4 Å². The highest BCUT2D eigenvalue weighted by atomic mass is 35.5. The molecule has 1 saturated heterocycles. The average molecular weight is 410 g/mol. The lowest BCUT2D eigenvalue weighted by molar-refractivity contribution is -0.170. The molecule has 7 heteroatoms. The number of hydrogen-bond acceptors (Lipinski definition) is 4. The molecule has 0 radical (unpaired) electrons. The van der Waals surface area contributed by atoms with Crippen LogP contribution in [0.5, 0.6) is 0 Å². The fraction of sp³-hybridized carbons (Fsp3) is 0.619. The average Bonchev–Trinajstić information content (AvgIpc) is 3.05. The highest BCUT2D eigenvalue weighted by Gasteiger charge is 2.62. The number of carbonyl (C=O) groups excluding carboxylic acids is 2. The van der Waals surface area contributed by atoms with Crippen LogP contribution in [-0.4, -0.2) is 41.5 Å². The van der Waals surface area contributed by atoms with E-state index in [-0.39, 0.29) is 30.3 Å². The van der Waals surface area contributed by atoms with E-state index in [0.717, 1.165) is 24.1 Å². The number of likely N-dealkylation sites (tertiary alicyclic amines) is 1. The van der Waals surface area contributed by atoms with Crippen molar-refractivity contribution in [2.45, 2.75) is 64.8 Å². The van der Waals surface area contributed by atoms with Gasteiger partial charge in [0, 0.05) is 44.5 Å². The monoisotopic (exact) mass is 409 g/mol. The molecule has 0 spiro atoms. The first kappa shape index (κ1) is 22.7. The number of carbonyl (C=O) groups is 2. The minimum absolute atomic E-state index is 0. The molecule has 2 aliphatic rings. The Kier molecular flexibility index (Phi) is 7.12. The molecule has 6 nitrogen and oxygen atoms in total. The van der Waals surface area contributed by atoms with Crippen LogP contribution in [0.2, 0.25) is 0 Å². The normalized spacial score (nSPS) is 25.8. The van der Waals surface area contributed by atoms with Crippen molar-refractivity contribution >= 4 is 24.2 Å². The molecule has 2 unspecified atom stereocenters. The maximum absolute atomic E-state index is 12.8. The van der Waals surface area contributed by atoms with Crippen molar-refractivity contribution in [2.24, 2.45) is 11.1 Å². The molecule has 1 saturated carbocycles. The van der Waals surface area contributed by atoms with E-state index in [1.165, 1.54) is 0 Å². The molecule has 2 atom stereocenters. The van der Waals surface area contributed by atoms with Gasteiger partial charge in [-0.15, -0.1) is 12.4 Å². The Bertz CT molecular complexity index is 725. The first-order valence-electron chi connectivity index (χ1n) is 9.83. The van der Waals surface area contributed by atoms with Gasteiger partial charge in [-0.2, -0.15) is 0 Å².